The van der Waals surface area contributed by atoms with Crippen LogP contribution in [0.25, 0.3) is 0 Å². The van der Waals surface area contributed by atoms with Crippen molar-refractivity contribution in [1.29, 1.82) is 0 Å². The molecular weight excluding hydrogens is 358 g/mol. The first-order chi connectivity index (χ1) is 13.2. The highest BCUT2D eigenvalue weighted by atomic mass is 16.6. The van der Waals surface area contributed by atoms with E-state index < -0.39 is 23.6 Å². The molecule has 0 aliphatic carbocycles. The van der Waals surface area contributed by atoms with Gasteiger partial charge in [-0.3, -0.25) is 14.4 Å². The zero-order valence-corrected chi connectivity index (χ0v) is 16.8. The standard InChI is InChI=1S/C22H29NO5/c1-22(2,3)28-20(25)14-17-12-8-5-9-13-19(24)27-18(15-23-21(17)26)16-10-6-4-7-11-16/h4-8,10-11,17-18H,9,12-15H2,1-3H3,(H,23,26)/b8-5+/t17-,18-/m0/s1. The quantitative estimate of drug-likeness (QED) is 0.634. The van der Waals surface area contributed by atoms with E-state index in [1.807, 2.05) is 42.5 Å². The van der Waals surface area contributed by atoms with Gasteiger partial charge < -0.3 is 14.8 Å². The predicted molar refractivity (Wildman–Crippen MR) is 105 cm³/mol. The minimum absolute atomic E-state index is 0.00321. The lowest BCUT2D eigenvalue weighted by Gasteiger charge is -2.23. The number of nitrogens with one attached hydrogen (secondary N) is 1. The fourth-order valence-electron chi connectivity index (χ4n) is 2.90. The van der Waals surface area contributed by atoms with Crippen LogP contribution in [0.1, 0.15) is 58.1 Å². The van der Waals surface area contributed by atoms with Crippen LogP contribution in [0.5, 0.6) is 0 Å². The maximum Gasteiger partial charge on any atom is 0.307 e. The molecule has 2 atom stereocenters. The van der Waals surface area contributed by atoms with Gasteiger partial charge in [-0.25, -0.2) is 0 Å². The van der Waals surface area contributed by atoms with Gasteiger partial charge >= 0.3 is 11.9 Å². The van der Waals surface area contributed by atoms with E-state index in [1.54, 1.807) is 20.8 Å². The molecule has 0 fully saturated rings. The lowest BCUT2D eigenvalue weighted by Crippen LogP contribution is -2.37. The summed E-state index contributed by atoms with van der Waals surface area (Å²) >= 11 is 0. The fraction of sp³-hybridized carbons (Fsp3) is 0.500. The largest absolute Gasteiger partial charge is 0.460 e. The Morgan fingerprint density at radius 2 is 1.89 bits per heavy atom. The van der Waals surface area contributed by atoms with Gasteiger partial charge in [-0.05, 0) is 39.2 Å². The summed E-state index contributed by atoms with van der Waals surface area (Å²) in [7, 11) is 0. The van der Waals surface area contributed by atoms with Gasteiger partial charge in [0, 0.05) is 6.42 Å². The van der Waals surface area contributed by atoms with Crippen molar-refractivity contribution in [2.45, 2.75) is 58.2 Å². The van der Waals surface area contributed by atoms with Crippen LogP contribution in [0.4, 0.5) is 0 Å². The van der Waals surface area contributed by atoms with Gasteiger partial charge in [-0.15, -0.1) is 0 Å². The van der Waals surface area contributed by atoms with Gasteiger partial charge in [0.05, 0.1) is 18.9 Å². The Balaban J connectivity index is 2.11. The number of esters is 2. The van der Waals surface area contributed by atoms with Crippen molar-refractivity contribution in [2.24, 2.45) is 5.92 Å². The minimum Gasteiger partial charge on any atom is -0.460 e. The molecule has 0 saturated heterocycles. The number of hydrogen-bond donors (Lipinski definition) is 1. The van der Waals surface area contributed by atoms with Crippen molar-refractivity contribution >= 4 is 17.8 Å². The number of benzene rings is 1. The second-order valence-corrected chi connectivity index (χ2v) is 7.87. The number of allylic oxidation sites excluding steroid dienone is 2. The average molecular weight is 387 g/mol. The van der Waals surface area contributed by atoms with Crippen molar-refractivity contribution in [3.8, 4) is 0 Å². The molecule has 1 aromatic rings. The van der Waals surface area contributed by atoms with E-state index in [0.717, 1.165) is 5.56 Å². The Labute approximate surface area is 166 Å². The van der Waals surface area contributed by atoms with Crippen molar-refractivity contribution in [3.63, 3.8) is 0 Å². The second-order valence-electron chi connectivity index (χ2n) is 7.87. The molecule has 0 saturated carbocycles. The zero-order chi connectivity index (χ0) is 20.6. The molecule has 0 unspecified atom stereocenters. The SMILES string of the molecule is CC(C)(C)OC(=O)C[C@@H]1C/C=C/CCC(=O)O[C@H](c2ccccc2)CNC1=O. The number of hydrogen-bond acceptors (Lipinski definition) is 5. The fourth-order valence-corrected chi connectivity index (χ4v) is 2.90. The summed E-state index contributed by atoms with van der Waals surface area (Å²) in [6, 6.07) is 9.30. The summed E-state index contributed by atoms with van der Waals surface area (Å²) in [5, 5.41) is 2.83. The second kappa shape index (κ2) is 10.1. The Morgan fingerprint density at radius 3 is 2.57 bits per heavy atom. The molecule has 1 aliphatic heterocycles. The van der Waals surface area contributed by atoms with Gasteiger partial charge in [-0.1, -0.05) is 42.5 Å². The number of carbonyl (C=O) groups is 3. The highest BCUT2D eigenvalue weighted by Gasteiger charge is 2.26. The van der Waals surface area contributed by atoms with Crippen LogP contribution in [0, 0.1) is 5.92 Å². The predicted octanol–water partition coefficient (Wildman–Crippen LogP) is 3.48. The third-order valence-corrected chi connectivity index (χ3v) is 4.21. The van der Waals surface area contributed by atoms with Gasteiger partial charge in [0.2, 0.25) is 5.91 Å². The minimum atomic E-state index is -0.596. The Morgan fingerprint density at radius 1 is 1.18 bits per heavy atom. The van der Waals surface area contributed by atoms with Crippen molar-refractivity contribution in [1.82, 2.24) is 5.32 Å². The molecule has 6 heteroatoms. The number of rotatable bonds is 3. The summed E-state index contributed by atoms with van der Waals surface area (Å²) in [5.74, 6) is -1.50. The highest BCUT2D eigenvalue weighted by molar-refractivity contribution is 5.84. The molecule has 1 heterocycles. The molecule has 152 valence electrons. The van der Waals surface area contributed by atoms with Gasteiger partial charge in [0.1, 0.15) is 11.7 Å². The van der Waals surface area contributed by atoms with Crippen LogP contribution < -0.4 is 5.32 Å². The third-order valence-electron chi connectivity index (χ3n) is 4.21. The maximum absolute atomic E-state index is 12.7. The van der Waals surface area contributed by atoms with Crippen LogP contribution in [0.3, 0.4) is 0 Å². The van der Waals surface area contributed by atoms with Crippen LogP contribution in [0.2, 0.25) is 0 Å². The van der Waals surface area contributed by atoms with Crippen molar-refractivity contribution < 1.29 is 23.9 Å². The molecule has 28 heavy (non-hydrogen) atoms. The van der Waals surface area contributed by atoms with E-state index in [2.05, 4.69) is 5.32 Å². The van der Waals surface area contributed by atoms with Crippen LogP contribution in [0.15, 0.2) is 42.5 Å². The molecule has 6 nitrogen and oxygen atoms in total. The molecular formula is C22H29NO5. The van der Waals surface area contributed by atoms with Gasteiger partial charge in [-0.2, -0.15) is 0 Å². The normalized spacial score (nSPS) is 22.8. The molecule has 1 N–H and O–H groups in total. The van der Waals surface area contributed by atoms with Crippen molar-refractivity contribution in [2.75, 3.05) is 6.54 Å². The first kappa shape index (κ1) is 21.7. The Bertz CT molecular complexity index is 705. The van der Waals surface area contributed by atoms with Gasteiger partial charge in [0.15, 0.2) is 0 Å². The number of ether oxygens (including phenoxy) is 2. The molecule has 2 rings (SSSR count). The smallest absolute Gasteiger partial charge is 0.307 e. The molecule has 0 bridgehead atoms. The number of cyclic esters (lactones) is 1. The lowest BCUT2D eigenvalue weighted by atomic mass is 9.99. The topological polar surface area (TPSA) is 81.7 Å². The van der Waals surface area contributed by atoms with Crippen LogP contribution in [-0.4, -0.2) is 30.0 Å². The Hall–Kier alpha value is -2.63. The molecule has 0 aromatic heterocycles. The molecule has 1 aromatic carbocycles. The maximum atomic E-state index is 12.7. The third kappa shape index (κ3) is 7.55. The molecule has 1 aliphatic rings. The summed E-state index contributed by atoms with van der Waals surface area (Å²) in [4.78, 5) is 37.0. The van der Waals surface area contributed by atoms with E-state index in [-0.39, 0.29) is 31.3 Å². The molecule has 0 spiro atoms. The Kier molecular flexibility index (Phi) is 7.79. The van der Waals surface area contributed by atoms with Gasteiger partial charge in [0.25, 0.3) is 0 Å². The van der Waals surface area contributed by atoms with E-state index in [1.165, 1.54) is 0 Å². The van der Waals surface area contributed by atoms with Crippen LogP contribution >= 0.6 is 0 Å². The summed E-state index contributed by atoms with van der Waals surface area (Å²) in [6.45, 7) is 5.54. The van der Waals surface area contributed by atoms with E-state index in [0.29, 0.717) is 12.8 Å². The highest BCUT2D eigenvalue weighted by Crippen LogP contribution is 2.20. The number of amides is 1. The average Bonchev–Trinajstić information content (AvgIpc) is 2.62. The lowest BCUT2D eigenvalue weighted by molar-refractivity contribution is -0.157. The van der Waals surface area contributed by atoms with Crippen molar-refractivity contribution in [3.05, 3.63) is 48.0 Å². The number of carbonyl (C=O) groups excluding carboxylic acids is 3. The first-order valence-corrected chi connectivity index (χ1v) is 9.63. The molecule has 0 radical (unpaired) electrons. The summed E-state index contributed by atoms with van der Waals surface area (Å²) in [6.07, 6.45) is 4.32. The first-order valence-electron chi connectivity index (χ1n) is 9.63. The summed E-state index contributed by atoms with van der Waals surface area (Å²) in [5.41, 5.74) is 0.217. The van der Waals surface area contributed by atoms with Crippen LogP contribution in [-0.2, 0) is 23.9 Å². The zero-order valence-electron chi connectivity index (χ0n) is 16.8. The monoisotopic (exact) mass is 387 g/mol. The van der Waals surface area contributed by atoms with E-state index in [4.69, 9.17) is 9.47 Å². The van der Waals surface area contributed by atoms with E-state index >= 15 is 0 Å². The molecule has 1 amide bonds. The van der Waals surface area contributed by atoms with E-state index in [9.17, 15) is 14.4 Å². The summed E-state index contributed by atoms with van der Waals surface area (Å²) < 4.78 is 10.9.